The van der Waals surface area contributed by atoms with Crippen molar-refractivity contribution in [3.63, 3.8) is 0 Å². The van der Waals surface area contributed by atoms with E-state index in [-0.39, 0.29) is 11.9 Å². The SMILES string of the molecule is CCC(CC#N)NC(=O)c1c(C)ccc(Br)c1OC. The summed E-state index contributed by atoms with van der Waals surface area (Å²) in [6.45, 7) is 3.79. The predicted octanol–water partition coefficient (Wildman–Crippen LogP) is 3.19. The van der Waals surface area contributed by atoms with Crippen LogP contribution in [0.15, 0.2) is 16.6 Å². The van der Waals surface area contributed by atoms with Crippen molar-refractivity contribution in [3.05, 3.63) is 27.7 Å². The Hall–Kier alpha value is -1.54. The lowest BCUT2D eigenvalue weighted by molar-refractivity contribution is 0.0933. The molecule has 1 rings (SSSR count). The van der Waals surface area contributed by atoms with Crippen molar-refractivity contribution in [3.8, 4) is 11.8 Å². The van der Waals surface area contributed by atoms with Crippen LogP contribution in [0.4, 0.5) is 0 Å². The third kappa shape index (κ3) is 3.71. The molecule has 0 fully saturated rings. The first-order chi connectivity index (χ1) is 9.04. The van der Waals surface area contributed by atoms with Crippen molar-refractivity contribution in [1.29, 1.82) is 5.26 Å². The molecule has 0 saturated heterocycles. The lowest BCUT2D eigenvalue weighted by atomic mass is 10.1. The average Bonchev–Trinajstić information content (AvgIpc) is 2.40. The predicted molar refractivity (Wildman–Crippen MR) is 77.2 cm³/mol. The molecule has 1 N–H and O–H groups in total. The Labute approximate surface area is 121 Å². The van der Waals surface area contributed by atoms with Gasteiger partial charge in [-0.2, -0.15) is 5.26 Å². The van der Waals surface area contributed by atoms with Crippen LogP contribution in [0.5, 0.6) is 5.75 Å². The van der Waals surface area contributed by atoms with E-state index >= 15 is 0 Å². The number of methoxy groups -OCH3 is 1. The summed E-state index contributed by atoms with van der Waals surface area (Å²) in [4.78, 5) is 12.3. The van der Waals surface area contributed by atoms with Gasteiger partial charge in [0.25, 0.3) is 5.91 Å². The van der Waals surface area contributed by atoms with Gasteiger partial charge in [0, 0.05) is 6.04 Å². The van der Waals surface area contributed by atoms with E-state index in [1.54, 1.807) is 0 Å². The summed E-state index contributed by atoms with van der Waals surface area (Å²) in [7, 11) is 1.53. The minimum atomic E-state index is -0.210. The van der Waals surface area contributed by atoms with Gasteiger partial charge in [0.15, 0.2) is 0 Å². The number of carbonyl (C=O) groups is 1. The zero-order chi connectivity index (χ0) is 14.4. The Bertz CT molecular complexity index is 509. The molecule has 1 aromatic carbocycles. The van der Waals surface area contributed by atoms with Gasteiger partial charge in [-0.25, -0.2) is 0 Å². The van der Waals surface area contributed by atoms with Crippen LogP contribution in [-0.4, -0.2) is 19.1 Å². The summed E-state index contributed by atoms with van der Waals surface area (Å²) in [6, 6.07) is 5.64. The number of ether oxygens (including phenoxy) is 1. The van der Waals surface area contributed by atoms with Crippen molar-refractivity contribution in [2.24, 2.45) is 0 Å². The highest BCUT2D eigenvalue weighted by molar-refractivity contribution is 9.10. The molecule has 1 unspecified atom stereocenters. The third-order valence-corrected chi connectivity index (χ3v) is 3.54. The third-order valence-electron chi connectivity index (χ3n) is 2.91. The highest BCUT2D eigenvalue weighted by atomic mass is 79.9. The number of nitrogens with zero attached hydrogens (tertiary/aromatic N) is 1. The Morgan fingerprint density at radius 3 is 2.79 bits per heavy atom. The Morgan fingerprint density at radius 1 is 1.58 bits per heavy atom. The van der Waals surface area contributed by atoms with Gasteiger partial charge in [-0.1, -0.05) is 13.0 Å². The van der Waals surface area contributed by atoms with E-state index in [1.165, 1.54) is 7.11 Å². The standard InChI is InChI=1S/C14H17BrN2O2/c1-4-10(7-8-16)17-14(18)12-9(2)5-6-11(15)13(12)19-3/h5-6,10H,4,7H2,1-3H3,(H,17,18). The Morgan fingerprint density at radius 2 is 2.26 bits per heavy atom. The minimum absolute atomic E-state index is 0.138. The molecule has 5 heteroatoms. The monoisotopic (exact) mass is 324 g/mol. The molecule has 0 aliphatic heterocycles. The summed E-state index contributed by atoms with van der Waals surface area (Å²) >= 11 is 3.37. The van der Waals surface area contributed by atoms with Gasteiger partial charge < -0.3 is 10.1 Å². The molecule has 19 heavy (non-hydrogen) atoms. The zero-order valence-corrected chi connectivity index (χ0v) is 12.9. The van der Waals surface area contributed by atoms with Crippen LogP contribution in [0.2, 0.25) is 0 Å². The van der Waals surface area contributed by atoms with E-state index in [4.69, 9.17) is 10.00 Å². The lowest BCUT2D eigenvalue weighted by Gasteiger charge is -2.17. The van der Waals surface area contributed by atoms with Crippen molar-refractivity contribution >= 4 is 21.8 Å². The maximum atomic E-state index is 12.3. The molecule has 0 saturated carbocycles. The largest absolute Gasteiger partial charge is 0.495 e. The normalized spacial score (nSPS) is 11.5. The second kappa shape index (κ2) is 7.15. The molecule has 0 aromatic heterocycles. The van der Waals surface area contributed by atoms with Crippen LogP contribution in [0.3, 0.4) is 0 Å². The fourth-order valence-electron chi connectivity index (χ4n) is 1.80. The molecule has 0 radical (unpaired) electrons. The molecular weight excluding hydrogens is 308 g/mol. The summed E-state index contributed by atoms with van der Waals surface area (Å²) in [5, 5.41) is 11.6. The first kappa shape index (κ1) is 15.5. The smallest absolute Gasteiger partial charge is 0.255 e. The van der Waals surface area contributed by atoms with Gasteiger partial charge in [-0.15, -0.1) is 0 Å². The number of rotatable bonds is 5. The van der Waals surface area contributed by atoms with Crippen LogP contribution in [0, 0.1) is 18.3 Å². The Kier molecular flexibility index (Phi) is 5.84. The molecule has 102 valence electrons. The van der Waals surface area contributed by atoms with E-state index < -0.39 is 0 Å². The van der Waals surface area contributed by atoms with Gasteiger partial charge in [0.1, 0.15) is 5.75 Å². The fraction of sp³-hybridized carbons (Fsp3) is 0.429. The van der Waals surface area contributed by atoms with Crippen molar-refractivity contribution in [2.45, 2.75) is 32.7 Å². The van der Waals surface area contributed by atoms with Crippen LogP contribution < -0.4 is 10.1 Å². The van der Waals surface area contributed by atoms with Gasteiger partial charge in [-0.3, -0.25) is 4.79 Å². The van der Waals surface area contributed by atoms with E-state index in [1.807, 2.05) is 26.0 Å². The first-order valence-corrected chi connectivity index (χ1v) is 6.85. The number of nitriles is 1. The van der Waals surface area contributed by atoms with E-state index in [0.29, 0.717) is 24.2 Å². The van der Waals surface area contributed by atoms with Crippen molar-refractivity contribution in [2.75, 3.05) is 7.11 Å². The number of nitrogens with one attached hydrogen (secondary N) is 1. The maximum Gasteiger partial charge on any atom is 0.255 e. The van der Waals surface area contributed by atoms with Gasteiger partial charge in [0.05, 0.1) is 29.6 Å². The highest BCUT2D eigenvalue weighted by Crippen LogP contribution is 2.31. The molecule has 1 aromatic rings. The Balaban J connectivity index is 3.06. The quantitative estimate of drug-likeness (QED) is 0.904. The molecule has 1 amide bonds. The number of carbonyl (C=O) groups excluding carboxylic acids is 1. The molecule has 0 bridgehead atoms. The van der Waals surface area contributed by atoms with Crippen molar-refractivity contribution in [1.82, 2.24) is 5.32 Å². The summed E-state index contributed by atoms with van der Waals surface area (Å²) in [5.74, 6) is 0.307. The number of hydrogen-bond donors (Lipinski definition) is 1. The molecular formula is C14H17BrN2O2. The van der Waals surface area contributed by atoms with E-state index in [2.05, 4.69) is 27.3 Å². The number of amides is 1. The number of hydrogen-bond acceptors (Lipinski definition) is 3. The zero-order valence-electron chi connectivity index (χ0n) is 11.3. The molecule has 0 aliphatic carbocycles. The fourth-order valence-corrected chi connectivity index (χ4v) is 2.29. The first-order valence-electron chi connectivity index (χ1n) is 6.06. The second-order valence-corrected chi connectivity index (χ2v) is 5.07. The van der Waals surface area contributed by atoms with Crippen LogP contribution >= 0.6 is 15.9 Å². The topological polar surface area (TPSA) is 62.1 Å². The molecule has 4 nitrogen and oxygen atoms in total. The molecule has 0 aliphatic rings. The molecule has 0 spiro atoms. The van der Waals surface area contributed by atoms with Crippen LogP contribution in [-0.2, 0) is 0 Å². The highest BCUT2D eigenvalue weighted by Gasteiger charge is 2.20. The van der Waals surface area contributed by atoms with Gasteiger partial charge >= 0.3 is 0 Å². The van der Waals surface area contributed by atoms with E-state index in [9.17, 15) is 4.79 Å². The minimum Gasteiger partial charge on any atom is -0.495 e. The van der Waals surface area contributed by atoms with Crippen LogP contribution in [0.1, 0.15) is 35.7 Å². The average molecular weight is 325 g/mol. The maximum absolute atomic E-state index is 12.3. The lowest BCUT2D eigenvalue weighted by Crippen LogP contribution is -2.34. The van der Waals surface area contributed by atoms with E-state index in [0.717, 1.165) is 10.0 Å². The summed E-state index contributed by atoms with van der Waals surface area (Å²) in [6.07, 6.45) is 1.02. The molecule has 1 atom stereocenters. The molecule has 0 heterocycles. The summed E-state index contributed by atoms with van der Waals surface area (Å²) < 4.78 is 6.02. The number of aryl methyl sites for hydroxylation is 1. The van der Waals surface area contributed by atoms with Crippen molar-refractivity contribution < 1.29 is 9.53 Å². The van der Waals surface area contributed by atoms with Gasteiger partial charge in [-0.05, 0) is 40.9 Å². The second-order valence-electron chi connectivity index (χ2n) is 4.21. The van der Waals surface area contributed by atoms with Gasteiger partial charge in [0.2, 0.25) is 0 Å². The van der Waals surface area contributed by atoms with Crippen LogP contribution in [0.25, 0.3) is 0 Å². The number of halogens is 1. The summed E-state index contributed by atoms with van der Waals surface area (Å²) in [5.41, 5.74) is 1.35. The number of benzene rings is 1.